The molecule has 0 radical (unpaired) electrons. The lowest BCUT2D eigenvalue weighted by molar-refractivity contribution is 0.0942. The van der Waals surface area contributed by atoms with Crippen molar-refractivity contribution in [1.29, 1.82) is 5.26 Å². The van der Waals surface area contributed by atoms with Crippen molar-refractivity contribution >= 4 is 5.91 Å². The second-order valence-corrected chi connectivity index (χ2v) is 3.77. The van der Waals surface area contributed by atoms with Crippen LogP contribution >= 0.6 is 0 Å². The Morgan fingerprint density at radius 1 is 1.47 bits per heavy atom. The lowest BCUT2D eigenvalue weighted by atomic mass is 10.1. The van der Waals surface area contributed by atoms with E-state index in [1.54, 1.807) is 13.0 Å². The molecule has 0 unspecified atom stereocenters. The zero-order chi connectivity index (χ0) is 13.7. The topological polar surface area (TPSA) is 91.8 Å². The van der Waals surface area contributed by atoms with E-state index >= 15 is 0 Å². The smallest absolute Gasteiger partial charge is 0.292 e. The Labute approximate surface area is 110 Å². The van der Waals surface area contributed by atoms with Gasteiger partial charge in [0.1, 0.15) is 0 Å². The van der Waals surface area contributed by atoms with Gasteiger partial charge >= 0.3 is 0 Å². The molecule has 0 aliphatic carbocycles. The number of aromatic nitrogens is 2. The molecule has 0 fully saturated rings. The summed E-state index contributed by atoms with van der Waals surface area (Å²) in [6, 6.07) is 9.31. The Kier molecular flexibility index (Phi) is 3.88. The van der Waals surface area contributed by atoms with Crippen LogP contribution in [-0.4, -0.2) is 22.6 Å². The molecule has 0 spiro atoms. The Bertz CT molecular complexity index is 628. The van der Waals surface area contributed by atoms with E-state index in [2.05, 4.69) is 21.5 Å². The molecule has 19 heavy (non-hydrogen) atoms. The number of nitriles is 1. The number of benzene rings is 1. The zero-order valence-electron chi connectivity index (χ0n) is 10.4. The molecule has 0 bridgehead atoms. The normalized spacial score (nSPS) is 9.89. The van der Waals surface area contributed by atoms with Gasteiger partial charge in [0.25, 0.3) is 17.6 Å². The second kappa shape index (κ2) is 5.78. The van der Waals surface area contributed by atoms with E-state index in [0.29, 0.717) is 12.1 Å². The van der Waals surface area contributed by atoms with Crippen LogP contribution in [0.5, 0.6) is 0 Å². The fourth-order valence-electron chi connectivity index (χ4n) is 1.63. The Morgan fingerprint density at radius 2 is 2.26 bits per heavy atom. The lowest BCUT2D eigenvalue weighted by Crippen LogP contribution is -2.23. The van der Waals surface area contributed by atoms with E-state index in [4.69, 9.17) is 9.78 Å². The van der Waals surface area contributed by atoms with Gasteiger partial charge < -0.3 is 9.84 Å². The number of nitrogens with zero attached hydrogens (tertiary/aromatic N) is 3. The van der Waals surface area contributed by atoms with Crippen LogP contribution in [0.25, 0.3) is 11.5 Å². The molecule has 1 amide bonds. The highest BCUT2D eigenvalue weighted by molar-refractivity contribution is 5.90. The van der Waals surface area contributed by atoms with Crippen molar-refractivity contribution in [2.45, 2.75) is 13.3 Å². The Morgan fingerprint density at radius 3 is 3.00 bits per heavy atom. The molecule has 0 saturated carbocycles. The number of hydrogen-bond acceptors (Lipinski definition) is 5. The number of carbonyl (C=O) groups is 1. The minimum Gasteiger partial charge on any atom is -0.349 e. The third kappa shape index (κ3) is 2.77. The average molecular weight is 256 g/mol. The van der Waals surface area contributed by atoms with Crippen molar-refractivity contribution in [1.82, 2.24) is 15.5 Å². The molecule has 1 heterocycles. The van der Waals surface area contributed by atoms with Gasteiger partial charge in [0.05, 0.1) is 12.5 Å². The van der Waals surface area contributed by atoms with Gasteiger partial charge in [0.15, 0.2) is 0 Å². The molecule has 2 aromatic rings. The average Bonchev–Trinajstić information content (AvgIpc) is 2.90. The highest BCUT2D eigenvalue weighted by Crippen LogP contribution is 2.22. The Hall–Kier alpha value is -2.68. The Balaban J connectivity index is 2.33. The molecule has 96 valence electrons. The molecule has 6 nitrogen and oxygen atoms in total. The van der Waals surface area contributed by atoms with E-state index in [-0.39, 0.29) is 24.0 Å². The van der Waals surface area contributed by atoms with Crippen LogP contribution in [0.1, 0.15) is 23.1 Å². The summed E-state index contributed by atoms with van der Waals surface area (Å²) >= 11 is 0. The number of rotatable bonds is 4. The zero-order valence-corrected chi connectivity index (χ0v) is 10.4. The molecular formula is C13H12N4O2. The van der Waals surface area contributed by atoms with Crippen LogP contribution in [0.3, 0.4) is 0 Å². The number of amides is 1. The van der Waals surface area contributed by atoms with Crippen molar-refractivity contribution in [3.63, 3.8) is 0 Å². The first kappa shape index (κ1) is 12.8. The van der Waals surface area contributed by atoms with E-state index in [1.165, 1.54) is 0 Å². The summed E-state index contributed by atoms with van der Waals surface area (Å²) in [5.41, 5.74) is 1.46. The minimum absolute atomic E-state index is 0.0105. The van der Waals surface area contributed by atoms with Crippen molar-refractivity contribution < 1.29 is 9.32 Å². The number of nitrogens with one attached hydrogen (secondary N) is 1. The van der Waals surface area contributed by atoms with Gasteiger partial charge in [-0.15, -0.1) is 0 Å². The highest BCUT2D eigenvalue weighted by atomic mass is 16.5. The molecule has 0 aliphatic heterocycles. The van der Waals surface area contributed by atoms with Crippen molar-refractivity contribution in [3.8, 4) is 17.5 Å². The fraction of sp³-hybridized carbons (Fsp3) is 0.231. The maximum atomic E-state index is 11.6. The number of hydrogen-bond donors (Lipinski definition) is 1. The number of carbonyl (C=O) groups excluding carboxylic acids is 1. The molecule has 0 atom stereocenters. The molecule has 6 heteroatoms. The van der Waals surface area contributed by atoms with Crippen LogP contribution in [0.15, 0.2) is 28.8 Å². The van der Waals surface area contributed by atoms with Crippen LogP contribution in [0.2, 0.25) is 0 Å². The molecule has 2 rings (SSSR count). The van der Waals surface area contributed by atoms with E-state index < -0.39 is 0 Å². The van der Waals surface area contributed by atoms with Gasteiger partial charge in [-0.1, -0.05) is 23.4 Å². The van der Waals surface area contributed by atoms with Crippen LogP contribution in [0.4, 0.5) is 0 Å². The van der Waals surface area contributed by atoms with Gasteiger partial charge in [-0.25, -0.2) is 0 Å². The summed E-state index contributed by atoms with van der Waals surface area (Å²) in [4.78, 5) is 15.6. The van der Waals surface area contributed by atoms with Crippen molar-refractivity contribution in [2.75, 3.05) is 6.54 Å². The van der Waals surface area contributed by atoms with E-state index in [9.17, 15) is 4.79 Å². The van der Waals surface area contributed by atoms with Gasteiger partial charge in [-0.2, -0.15) is 10.2 Å². The molecular weight excluding hydrogens is 244 g/mol. The minimum atomic E-state index is -0.379. The van der Waals surface area contributed by atoms with Gasteiger partial charge in [-0.05, 0) is 18.6 Å². The molecule has 1 aromatic carbocycles. The van der Waals surface area contributed by atoms with E-state index in [1.807, 2.05) is 18.2 Å². The van der Waals surface area contributed by atoms with Crippen LogP contribution in [-0.2, 0) is 6.42 Å². The van der Waals surface area contributed by atoms with Gasteiger partial charge in [0, 0.05) is 12.1 Å². The third-order valence-corrected chi connectivity index (χ3v) is 2.48. The van der Waals surface area contributed by atoms with Gasteiger partial charge in [0.2, 0.25) is 0 Å². The summed E-state index contributed by atoms with van der Waals surface area (Å²) in [6.45, 7) is 2.30. The van der Waals surface area contributed by atoms with Crippen LogP contribution < -0.4 is 5.32 Å². The largest absolute Gasteiger partial charge is 0.349 e. The van der Waals surface area contributed by atoms with Crippen molar-refractivity contribution in [2.24, 2.45) is 0 Å². The summed E-state index contributed by atoms with van der Waals surface area (Å²) in [5, 5.41) is 15.0. The summed E-state index contributed by atoms with van der Waals surface area (Å²) < 4.78 is 5.07. The van der Waals surface area contributed by atoms with Gasteiger partial charge in [-0.3, -0.25) is 4.79 Å². The second-order valence-electron chi connectivity index (χ2n) is 3.77. The predicted octanol–water partition coefficient (Wildman–Crippen LogP) is 1.55. The first-order chi connectivity index (χ1) is 9.26. The van der Waals surface area contributed by atoms with E-state index in [0.717, 1.165) is 5.56 Å². The lowest BCUT2D eigenvalue weighted by Gasteiger charge is -2.00. The monoisotopic (exact) mass is 256 g/mol. The predicted molar refractivity (Wildman–Crippen MR) is 67.1 cm³/mol. The summed E-state index contributed by atoms with van der Waals surface area (Å²) in [5.74, 6) is -0.147. The molecule has 0 aliphatic rings. The maximum absolute atomic E-state index is 11.6. The maximum Gasteiger partial charge on any atom is 0.292 e. The molecule has 1 N–H and O–H groups in total. The standard InChI is InChI=1S/C13H12N4O2/c1-2-15-12(18)11-16-13(19-17-11)10-6-4-3-5-9(10)7-8-14/h3-6H,2,7H2,1H3,(H,15,18). The van der Waals surface area contributed by atoms with Crippen LogP contribution in [0, 0.1) is 11.3 Å². The summed E-state index contributed by atoms with van der Waals surface area (Å²) in [6.07, 6.45) is 0.245. The third-order valence-electron chi connectivity index (χ3n) is 2.48. The quantitative estimate of drug-likeness (QED) is 0.896. The summed E-state index contributed by atoms with van der Waals surface area (Å²) in [7, 11) is 0. The molecule has 1 aromatic heterocycles. The SMILES string of the molecule is CCNC(=O)c1noc(-c2ccccc2CC#N)n1. The highest BCUT2D eigenvalue weighted by Gasteiger charge is 2.16. The first-order valence-corrected chi connectivity index (χ1v) is 5.83. The molecule has 0 saturated heterocycles. The van der Waals surface area contributed by atoms with Crippen molar-refractivity contribution in [3.05, 3.63) is 35.7 Å². The fourth-order valence-corrected chi connectivity index (χ4v) is 1.63. The first-order valence-electron chi connectivity index (χ1n) is 5.83.